The van der Waals surface area contributed by atoms with E-state index >= 15 is 0 Å². The van der Waals surface area contributed by atoms with Gasteiger partial charge in [-0.25, -0.2) is 9.69 Å². The van der Waals surface area contributed by atoms with Gasteiger partial charge >= 0.3 is 11.9 Å². The Hall–Kier alpha value is -3.71. The Labute approximate surface area is 204 Å². The minimum Gasteiger partial charge on any atom is -0.466 e. The van der Waals surface area contributed by atoms with Crippen molar-refractivity contribution in [3.05, 3.63) is 70.8 Å². The fourth-order valence-corrected chi connectivity index (χ4v) is 3.90. The van der Waals surface area contributed by atoms with E-state index in [0.717, 1.165) is 11.3 Å². The van der Waals surface area contributed by atoms with Crippen LogP contribution in [0.1, 0.15) is 41.8 Å². The Bertz CT molecular complexity index is 1120. The van der Waals surface area contributed by atoms with Crippen LogP contribution in [0.3, 0.4) is 0 Å². The number of nitrogens with zero attached hydrogens (tertiary/aromatic N) is 2. The van der Waals surface area contributed by atoms with Crippen LogP contribution in [0.4, 0.5) is 5.69 Å². The third-order valence-corrected chi connectivity index (χ3v) is 5.76. The second-order valence-electron chi connectivity index (χ2n) is 8.30. The zero-order chi connectivity index (χ0) is 25.5. The minimum atomic E-state index is -1.27. The van der Waals surface area contributed by atoms with E-state index in [1.165, 1.54) is 18.9 Å². The van der Waals surface area contributed by atoms with Crippen molar-refractivity contribution in [3.8, 4) is 6.07 Å². The van der Waals surface area contributed by atoms with Crippen molar-refractivity contribution in [1.29, 1.82) is 5.26 Å². The van der Waals surface area contributed by atoms with Crippen molar-refractivity contribution in [2.24, 2.45) is 0 Å². The summed E-state index contributed by atoms with van der Waals surface area (Å²) >= 11 is 0. The largest absolute Gasteiger partial charge is 0.466 e. The number of methoxy groups -OCH3 is 1. The van der Waals surface area contributed by atoms with Gasteiger partial charge in [0.1, 0.15) is 12.5 Å². The molecule has 0 amide bonds. The van der Waals surface area contributed by atoms with Crippen molar-refractivity contribution >= 4 is 23.2 Å². The molecule has 0 aromatic heterocycles. The molecule has 9 nitrogen and oxygen atoms in total. The Morgan fingerprint density at radius 1 is 1.11 bits per heavy atom. The van der Waals surface area contributed by atoms with E-state index in [9.17, 15) is 25.1 Å². The third kappa shape index (κ3) is 6.25. The van der Waals surface area contributed by atoms with E-state index in [-0.39, 0.29) is 24.1 Å². The maximum atomic E-state index is 11.6. The van der Waals surface area contributed by atoms with Gasteiger partial charge in [-0.15, -0.1) is 0 Å². The van der Waals surface area contributed by atoms with E-state index in [1.807, 2.05) is 25.1 Å². The monoisotopic (exact) mass is 479 g/mol. The Morgan fingerprint density at radius 3 is 2.34 bits per heavy atom. The number of anilines is 1. The van der Waals surface area contributed by atoms with E-state index < -0.39 is 18.4 Å². The van der Waals surface area contributed by atoms with Gasteiger partial charge in [0.2, 0.25) is 0 Å². The number of ether oxygens (including phenoxy) is 2. The topological polar surface area (TPSA) is 132 Å². The first-order valence-electron chi connectivity index (χ1n) is 11.2. The summed E-state index contributed by atoms with van der Waals surface area (Å²) in [7, 11) is 1.30. The van der Waals surface area contributed by atoms with E-state index in [4.69, 9.17) is 9.47 Å². The second kappa shape index (κ2) is 11.6. The van der Waals surface area contributed by atoms with Crippen molar-refractivity contribution in [3.63, 3.8) is 0 Å². The van der Waals surface area contributed by atoms with Crippen LogP contribution in [-0.2, 0) is 20.8 Å². The maximum absolute atomic E-state index is 11.6. The number of esters is 2. The molecule has 0 bridgehead atoms. The van der Waals surface area contributed by atoms with Crippen LogP contribution in [0.25, 0.3) is 5.57 Å². The minimum absolute atomic E-state index is 0.0639. The van der Waals surface area contributed by atoms with Gasteiger partial charge in [0.25, 0.3) is 0 Å². The number of nitrogens with one attached hydrogen (secondary N) is 1. The summed E-state index contributed by atoms with van der Waals surface area (Å²) in [4.78, 5) is 23.9. The molecule has 0 aliphatic carbocycles. The molecular formula is C26H29N3O6. The first kappa shape index (κ1) is 25.9. The molecule has 1 aliphatic heterocycles. The maximum Gasteiger partial charge on any atom is 0.337 e. The van der Waals surface area contributed by atoms with Crippen LogP contribution in [0, 0.1) is 11.3 Å². The van der Waals surface area contributed by atoms with Crippen LogP contribution >= 0.6 is 0 Å². The van der Waals surface area contributed by atoms with Gasteiger partial charge < -0.3 is 25.0 Å². The number of hydrogen-bond donors (Lipinski definition) is 3. The molecule has 1 aliphatic rings. The number of carbonyl (C=O) groups is 2. The number of aliphatic hydroxyl groups excluding tert-OH is 2. The summed E-state index contributed by atoms with van der Waals surface area (Å²) < 4.78 is 9.66. The van der Waals surface area contributed by atoms with Gasteiger partial charge in [-0.3, -0.25) is 4.79 Å². The summed E-state index contributed by atoms with van der Waals surface area (Å²) in [6, 6.07) is 15.9. The highest BCUT2D eigenvalue weighted by Crippen LogP contribution is 2.36. The summed E-state index contributed by atoms with van der Waals surface area (Å²) in [5.74, 6) is -0.766. The predicted octanol–water partition coefficient (Wildman–Crippen LogP) is 2.66. The van der Waals surface area contributed by atoms with Crippen molar-refractivity contribution in [2.45, 2.75) is 45.3 Å². The average Bonchev–Trinajstić information content (AvgIpc) is 3.08. The number of benzene rings is 2. The normalized spacial score (nSPS) is 18.6. The van der Waals surface area contributed by atoms with E-state index in [0.29, 0.717) is 29.7 Å². The summed E-state index contributed by atoms with van der Waals surface area (Å²) in [6.45, 7) is 3.83. The zero-order valence-electron chi connectivity index (χ0n) is 19.9. The highest BCUT2D eigenvalue weighted by Gasteiger charge is 2.39. The van der Waals surface area contributed by atoms with Crippen LogP contribution in [0.2, 0.25) is 0 Å². The molecule has 2 aromatic rings. The van der Waals surface area contributed by atoms with Gasteiger partial charge in [0, 0.05) is 37.2 Å². The van der Waals surface area contributed by atoms with E-state index in [2.05, 4.69) is 5.32 Å². The van der Waals surface area contributed by atoms with Crippen LogP contribution in [-0.4, -0.2) is 59.3 Å². The molecule has 0 saturated carbocycles. The van der Waals surface area contributed by atoms with Gasteiger partial charge in [-0.2, -0.15) is 5.26 Å². The van der Waals surface area contributed by atoms with Gasteiger partial charge in [0.05, 0.1) is 30.9 Å². The van der Waals surface area contributed by atoms with Crippen LogP contribution in [0.15, 0.2) is 54.1 Å². The molecule has 2 aromatic carbocycles. The van der Waals surface area contributed by atoms with E-state index in [1.54, 1.807) is 36.4 Å². The van der Waals surface area contributed by atoms with Crippen molar-refractivity contribution in [1.82, 2.24) is 4.90 Å². The van der Waals surface area contributed by atoms with Crippen molar-refractivity contribution in [2.75, 3.05) is 19.0 Å². The lowest BCUT2D eigenvalue weighted by Gasteiger charge is -2.25. The lowest BCUT2D eigenvalue weighted by atomic mass is 10.0. The summed E-state index contributed by atoms with van der Waals surface area (Å²) in [6.07, 6.45) is -1.82. The van der Waals surface area contributed by atoms with Crippen molar-refractivity contribution < 1.29 is 29.3 Å². The van der Waals surface area contributed by atoms with Crippen LogP contribution in [0.5, 0.6) is 0 Å². The highest BCUT2D eigenvalue weighted by molar-refractivity contribution is 5.89. The molecular weight excluding hydrogens is 450 g/mol. The fraction of sp³-hybridized carbons (Fsp3) is 0.346. The fourth-order valence-electron chi connectivity index (χ4n) is 3.90. The Balaban J connectivity index is 1.70. The lowest BCUT2D eigenvalue weighted by Crippen LogP contribution is -2.37. The molecule has 184 valence electrons. The smallest absolute Gasteiger partial charge is 0.337 e. The molecule has 1 heterocycles. The number of rotatable bonds is 9. The number of hydrogen-bond acceptors (Lipinski definition) is 9. The standard InChI is InChI=1S/C26H29N3O6/c1-16(12-13-35-17(2)30)28-21-10-8-19(9-11-21)23-22(14-27)24(31)29(25(23)32)15-18-4-6-20(7-5-18)26(33)34-3/h4-11,16,24-25,28,31-32H,12-13,15H2,1-3H3. The molecule has 3 atom stereocenters. The third-order valence-electron chi connectivity index (χ3n) is 5.76. The first-order chi connectivity index (χ1) is 16.7. The molecule has 0 fully saturated rings. The number of aliphatic hydroxyl groups is 2. The predicted molar refractivity (Wildman–Crippen MR) is 129 cm³/mol. The van der Waals surface area contributed by atoms with Crippen LogP contribution < -0.4 is 5.32 Å². The molecule has 35 heavy (non-hydrogen) atoms. The molecule has 9 heteroatoms. The Kier molecular flexibility index (Phi) is 8.60. The number of nitriles is 1. The summed E-state index contributed by atoms with van der Waals surface area (Å²) in [5, 5.41) is 34.7. The molecule has 3 unspecified atom stereocenters. The molecule has 3 N–H and O–H groups in total. The molecule has 0 radical (unpaired) electrons. The Morgan fingerprint density at radius 2 is 1.77 bits per heavy atom. The van der Waals surface area contributed by atoms with Gasteiger partial charge in [-0.05, 0) is 42.3 Å². The quantitative estimate of drug-likeness (QED) is 0.464. The highest BCUT2D eigenvalue weighted by atomic mass is 16.5. The molecule has 3 rings (SSSR count). The summed E-state index contributed by atoms with van der Waals surface area (Å²) in [5.41, 5.74) is 3.02. The first-order valence-corrected chi connectivity index (χ1v) is 11.2. The molecule has 0 spiro atoms. The second-order valence-corrected chi connectivity index (χ2v) is 8.30. The van der Waals surface area contributed by atoms with Gasteiger partial charge in [0.15, 0.2) is 0 Å². The lowest BCUT2D eigenvalue weighted by molar-refractivity contribution is -0.141. The van der Waals surface area contributed by atoms with Gasteiger partial charge in [-0.1, -0.05) is 24.3 Å². The number of carbonyl (C=O) groups excluding carboxylic acids is 2. The SMILES string of the molecule is COC(=O)c1ccc(CN2C(O)C(C#N)=C(c3ccc(NC(C)CCOC(C)=O)cc3)C2O)cc1. The molecule has 0 saturated heterocycles. The average molecular weight is 480 g/mol. The zero-order valence-corrected chi connectivity index (χ0v) is 19.9.